The molecular weight excluding hydrogens is 1530 g/mol. The van der Waals surface area contributed by atoms with Crippen molar-refractivity contribution in [3.8, 4) is 0 Å². The third-order valence-corrected chi connectivity index (χ3v) is 14.7. The third-order valence-electron chi connectivity index (χ3n) is 14.7. The number of carbonyl (C=O) groups excluding carboxylic acids is 4. The Morgan fingerprint density at radius 1 is 0.327 bits per heavy atom. The standard InChI is InChI=1S/C55H109N9O4.6C2HF3O2/c1-51(61-46-30-29-41-58-44-33-45-60-50-59-42-28-27-40-57-43-32-39-56)34-23-20-22-26-48-62-52(65)35-24-19-17-15-13-11-9-7-5-3-2-4-6-8-10-12-14-16-18-21-25-47-63-53(66)36-31-49-64-54(67)37-38-55(64)68;6*3-2(4,5)1(6)7/h37-38,51,57-61H,2-36,39-50,56H2,1H3,(H,62,65)(H,63,66);6*(H,6,7). The summed E-state index contributed by atoms with van der Waals surface area (Å²) in [6.45, 7) is 13.4. The van der Waals surface area contributed by atoms with Crippen LogP contribution >= 0.6 is 0 Å². The summed E-state index contributed by atoms with van der Waals surface area (Å²) in [7, 11) is 0. The fourth-order valence-electron chi connectivity index (χ4n) is 8.79. The summed E-state index contributed by atoms with van der Waals surface area (Å²) >= 11 is 0. The van der Waals surface area contributed by atoms with Crippen molar-refractivity contribution in [3.63, 3.8) is 0 Å². The van der Waals surface area contributed by atoms with Crippen LogP contribution in [0.15, 0.2) is 12.2 Å². The second-order valence-electron chi connectivity index (χ2n) is 24.6. The van der Waals surface area contributed by atoms with Crippen LogP contribution in [0.25, 0.3) is 0 Å². The minimum atomic E-state index is -5.08. The van der Waals surface area contributed by atoms with Crippen LogP contribution < -0.4 is 43.0 Å². The number of aliphatic carboxylic acids is 6. The number of carbonyl (C=O) groups is 10. The Morgan fingerprint density at radius 3 is 0.855 bits per heavy atom. The quantitative estimate of drug-likeness (QED) is 0.0116. The number of imide groups is 1. The van der Waals surface area contributed by atoms with Gasteiger partial charge in [0.05, 0.1) is 0 Å². The van der Waals surface area contributed by atoms with Gasteiger partial charge < -0.3 is 73.6 Å². The summed E-state index contributed by atoms with van der Waals surface area (Å²) < 4.78 is 190. The summed E-state index contributed by atoms with van der Waals surface area (Å²) in [6, 6.07) is 0.582. The van der Waals surface area contributed by atoms with Gasteiger partial charge in [0.15, 0.2) is 0 Å². The monoisotopic (exact) mass is 1640 g/mol. The Balaban J connectivity index is -0.000000512. The molecule has 43 heteroatoms. The Kier molecular flexibility index (Phi) is 73.8. The number of carboxylic acids is 6. The van der Waals surface area contributed by atoms with Crippen molar-refractivity contribution in [1.82, 2.24) is 42.1 Å². The van der Waals surface area contributed by atoms with Gasteiger partial charge >= 0.3 is 72.9 Å². The maximum absolute atomic E-state index is 12.3. The van der Waals surface area contributed by atoms with E-state index >= 15 is 0 Å². The third kappa shape index (κ3) is 90.0. The molecule has 0 aromatic rings. The molecule has 0 aromatic heterocycles. The van der Waals surface area contributed by atoms with Crippen LogP contribution in [0.5, 0.6) is 0 Å². The second-order valence-corrected chi connectivity index (χ2v) is 24.6. The van der Waals surface area contributed by atoms with Gasteiger partial charge in [-0.3, -0.25) is 24.1 Å². The van der Waals surface area contributed by atoms with Gasteiger partial charge in [0.1, 0.15) is 0 Å². The first-order chi connectivity index (χ1) is 51.1. The van der Waals surface area contributed by atoms with E-state index in [4.69, 9.17) is 65.1 Å². The average molecular weight is 1640 g/mol. The molecule has 0 fully saturated rings. The number of hydrogen-bond donors (Lipinski definition) is 14. The van der Waals surface area contributed by atoms with E-state index in [1.54, 1.807) is 0 Å². The number of rotatable bonds is 55. The molecule has 0 spiro atoms. The summed E-state index contributed by atoms with van der Waals surface area (Å²) in [6.07, 6.45) is 14.1. The lowest BCUT2D eigenvalue weighted by Gasteiger charge is -2.14. The molecule has 4 amide bonds. The minimum absolute atomic E-state index is 0.00109. The van der Waals surface area contributed by atoms with Crippen LogP contribution in [0.1, 0.15) is 232 Å². The predicted molar refractivity (Wildman–Crippen MR) is 369 cm³/mol. The molecular formula is C67H115F18N9O16. The van der Waals surface area contributed by atoms with Gasteiger partial charge in [-0.05, 0) is 130 Å². The van der Waals surface area contributed by atoms with E-state index in [9.17, 15) is 98.2 Å². The fraction of sp³-hybridized carbons (Fsp3) is 0.821. The lowest BCUT2D eigenvalue weighted by atomic mass is 10.0. The topological polar surface area (TPSA) is 406 Å². The molecule has 1 atom stereocenters. The van der Waals surface area contributed by atoms with E-state index in [0.717, 1.165) is 97.7 Å². The first-order valence-electron chi connectivity index (χ1n) is 36.2. The molecule has 0 bridgehead atoms. The average Bonchev–Trinajstić information content (AvgIpc) is 1.74. The lowest BCUT2D eigenvalue weighted by molar-refractivity contribution is -0.193. The molecule has 25 nitrogen and oxygen atoms in total. The van der Waals surface area contributed by atoms with Crippen molar-refractivity contribution < 1.29 is 158 Å². The Bertz CT molecular complexity index is 2230. The minimum Gasteiger partial charge on any atom is -0.475 e. The van der Waals surface area contributed by atoms with E-state index in [0.29, 0.717) is 38.4 Å². The maximum Gasteiger partial charge on any atom is 0.490 e. The van der Waals surface area contributed by atoms with Crippen molar-refractivity contribution in [2.75, 3.05) is 78.7 Å². The van der Waals surface area contributed by atoms with Crippen LogP contribution in [0.2, 0.25) is 0 Å². The first-order valence-corrected chi connectivity index (χ1v) is 36.2. The van der Waals surface area contributed by atoms with Crippen molar-refractivity contribution in [2.24, 2.45) is 5.73 Å². The van der Waals surface area contributed by atoms with E-state index < -0.39 is 72.9 Å². The first kappa shape index (κ1) is 114. The lowest BCUT2D eigenvalue weighted by Crippen LogP contribution is -2.32. The van der Waals surface area contributed by atoms with E-state index in [1.165, 1.54) is 190 Å². The molecule has 1 heterocycles. The van der Waals surface area contributed by atoms with E-state index in [2.05, 4.69) is 44.1 Å². The van der Waals surface area contributed by atoms with Crippen molar-refractivity contribution in [2.45, 2.75) is 275 Å². The Morgan fingerprint density at radius 2 is 0.555 bits per heavy atom. The molecule has 1 aliphatic rings. The van der Waals surface area contributed by atoms with Gasteiger partial charge in [-0.25, -0.2) is 28.8 Å². The van der Waals surface area contributed by atoms with E-state index in [1.807, 2.05) is 0 Å². The van der Waals surface area contributed by atoms with Gasteiger partial charge in [-0.1, -0.05) is 141 Å². The highest BCUT2D eigenvalue weighted by atomic mass is 19.4. The number of nitrogens with two attached hydrogens (primary N) is 1. The summed E-state index contributed by atoms with van der Waals surface area (Å²) in [5.41, 5.74) is 5.51. The number of nitrogens with zero attached hydrogens (tertiary/aromatic N) is 1. The molecule has 0 saturated carbocycles. The molecule has 0 saturated heterocycles. The Hall–Kier alpha value is -6.86. The van der Waals surface area contributed by atoms with Crippen LogP contribution in [0.3, 0.4) is 0 Å². The molecule has 1 aliphatic heterocycles. The number of unbranched alkanes of at least 4 members (excludes halogenated alkanes) is 25. The molecule has 1 rings (SSSR count). The zero-order valence-corrected chi connectivity index (χ0v) is 62.1. The van der Waals surface area contributed by atoms with Gasteiger partial charge in [-0.15, -0.1) is 0 Å². The molecule has 0 radical (unpaired) electrons. The number of alkyl halides is 18. The van der Waals surface area contributed by atoms with Crippen molar-refractivity contribution in [1.29, 1.82) is 0 Å². The fourth-order valence-corrected chi connectivity index (χ4v) is 8.79. The Labute approximate surface area is 628 Å². The highest BCUT2D eigenvalue weighted by Crippen LogP contribution is 2.19. The predicted octanol–water partition coefficient (Wildman–Crippen LogP) is 12.8. The smallest absolute Gasteiger partial charge is 0.475 e. The van der Waals surface area contributed by atoms with E-state index in [-0.39, 0.29) is 23.6 Å². The second kappa shape index (κ2) is 71.2. The van der Waals surface area contributed by atoms with Gasteiger partial charge in [0.25, 0.3) is 11.8 Å². The number of amides is 4. The van der Waals surface area contributed by atoms with Crippen LogP contribution in [-0.2, 0) is 47.9 Å². The number of hydrogen-bond acceptors (Lipinski definition) is 16. The van der Waals surface area contributed by atoms with Gasteiger partial charge in [0, 0.05) is 57.3 Å². The summed E-state index contributed by atoms with van der Waals surface area (Å²) in [5, 5.41) is 66.5. The number of nitrogens with one attached hydrogen (secondary N) is 7. The number of halogens is 18. The van der Waals surface area contributed by atoms with Crippen LogP contribution in [-0.4, -0.2) is 217 Å². The normalized spacial score (nSPS) is 12.3. The summed E-state index contributed by atoms with van der Waals surface area (Å²) in [4.78, 5) is 102. The highest BCUT2D eigenvalue weighted by Gasteiger charge is 2.41. The van der Waals surface area contributed by atoms with Crippen LogP contribution in [0, 0.1) is 0 Å². The zero-order chi connectivity index (χ0) is 85.5. The van der Waals surface area contributed by atoms with Gasteiger partial charge in [0.2, 0.25) is 11.8 Å². The van der Waals surface area contributed by atoms with Gasteiger partial charge in [-0.2, -0.15) is 79.0 Å². The molecule has 0 aliphatic carbocycles. The van der Waals surface area contributed by atoms with Crippen molar-refractivity contribution >= 4 is 59.4 Å². The summed E-state index contributed by atoms with van der Waals surface area (Å²) in [5.74, 6) is -16.9. The van der Waals surface area contributed by atoms with Crippen LogP contribution in [0.4, 0.5) is 79.0 Å². The molecule has 650 valence electrons. The molecule has 0 aromatic carbocycles. The largest absolute Gasteiger partial charge is 0.490 e. The maximum atomic E-state index is 12.3. The SMILES string of the molecule is CC(CCCCCCNC(=O)CCCCCCCCCCCCCCCCCCCCCCCNC(=O)CCCN1C(=O)C=CC1=O)NCCCCNCCCNCNCCCCNCCCN.O=C(O)C(F)(F)F.O=C(O)C(F)(F)F.O=C(O)C(F)(F)F.O=C(O)C(F)(F)F.O=C(O)C(F)(F)F.O=C(O)C(F)(F)F. The molecule has 15 N–H and O–H groups in total. The molecule has 110 heavy (non-hydrogen) atoms. The molecule has 1 unspecified atom stereocenters. The highest BCUT2D eigenvalue weighted by molar-refractivity contribution is 6.12. The van der Waals surface area contributed by atoms with Crippen molar-refractivity contribution in [3.05, 3.63) is 12.2 Å². The zero-order valence-electron chi connectivity index (χ0n) is 62.1. The number of carboxylic acid groups (broad SMARTS) is 6.